The summed E-state index contributed by atoms with van der Waals surface area (Å²) in [6, 6.07) is 0. The molecular weight excluding hydrogens is 270 g/mol. The maximum absolute atomic E-state index is 10.7. The molecule has 0 aromatic heterocycles. The standard InChI is InChI=1S/C3H10N2O7P2.2H2O/c4-2(6)1-3(5,13(7,8)9)14(10,11)12;;/h1,5H2,(H2,4,6)(H2,7,8,9)(H2,10,11,12);2*1H2. The Morgan fingerprint density at radius 3 is 1.38 bits per heavy atom. The Morgan fingerprint density at radius 2 is 1.31 bits per heavy atom. The average molecular weight is 284 g/mol. The van der Waals surface area contributed by atoms with E-state index < -0.39 is 32.5 Å². The van der Waals surface area contributed by atoms with E-state index in [2.05, 4.69) is 5.73 Å². The van der Waals surface area contributed by atoms with Crippen LogP contribution in [-0.4, -0.2) is 41.5 Å². The highest BCUT2D eigenvalue weighted by molar-refractivity contribution is 7.72. The summed E-state index contributed by atoms with van der Waals surface area (Å²) < 4.78 is 21.4. The number of primary amides is 1. The summed E-state index contributed by atoms with van der Waals surface area (Å²) in [5.41, 5.74) is 9.39. The first-order chi connectivity index (χ1) is 5.92. The topological polar surface area (TPSA) is 247 Å². The number of carbonyl (C=O) groups is 1. The molecule has 0 bridgehead atoms. The first-order valence-electron chi connectivity index (χ1n) is 3.10. The Labute approximate surface area is 89.4 Å². The average Bonchev–Trinajstić information content (AvgIpc) is 1.79. The van der Waals surface area contributed by atoms with Crippen LogP contribution in [0.4, 0.5) is 0 Å². The molecule has 0 rings (SSSR count). The summed E-state index contributed by atoms with van der Waals surface area (Å²) in [4.78, 5) is 44.8. The fraction of sp³-hybridized carbons (Fsp3) is 0.667. The van der Waals surface area contributed by atoms with E-state index >= 15 is 0 Å². The van der Waals surface area contributed by atoms with E-state index in [1.54, 1.807) is 0 Å². The van der Waals surface area contributed by atoms with Crippen molar-refractivity contribution in [3.63, 3.8) is 0 Å². The number of rotatable bonds is 4. The molecule has 0 fully saturated rings. The van der Waals surface area contributed by atoms with Gasteiger partial charge in [-0.25, -0.2) is 0 Å². The van der Waals surface area contributed by atoms with Gasteiger partial charge in [0.1, 0.15) is 0 Å². The maximum atomic E-state index is 10.7. The summed E-state index contributed by atoms with van der Waals surface area (Å²) in [6.07, 6.45) is -1.30. The number of hydrogen-bond acceptors (Lipinski definition) is 4. The summed E-state index contributed by atoms with van der Waals surface area (Å²) in [5.74, 6) is -1.32. The quantitative estimate of drug-likeness (QED) is 0.278. The van der Waals surface area contributed by atoms with Gasteiger partial charge < -0.3 is 42.0 Å². The highest BCUT2D eigenvalue weighted by Gasteiger charge is 2.58. The van der Waals surface area contributed by atoms with Crippen LogP contribution >= 0.6 is 15.2 Å². The molecule has 16 heavy (non-hydrogen) atoms. The zero-order chi connectivity index (χ0) is 11.8. The second-order valence-corrected chi connectivity index (χ2v) is 6.73. The fourth-order valence-corrected chi connectivity index (χ4v) is 2.71. The molecule has 0 aromatic carbocycles. The summed E-state index contributed by atoms with van der Waals surface area (Å²) in [5, 5.41) is -3.24. The van der Waals surface area contributed by atoms with Gasteiger partial charge in [-0.3, -0.25) is 13.9 Å². The van der Waals surface area contributed by atoms with Gasteiger partial charge in [-0.15, -0.1) is 0 Å². The van der Waals surface area contributed by atoms with Crippen LogP contribution in [0.3, 0.4) is 0 Å². The van der Waals surface area contributed by atoms with Crippen LogP contribution in [0.5, 0.6) is 0 Å². The van der Waals surface area contributed by atoms with Crippen LogP contribution in [-0.2, 0) is 13.9 Å². The lowest BCUT2D eigenvalue weighted by atomic mass is 10.4. The molecule has 0 saturated carbocycles. The van der Waals surface area contributed by atoms with Crippen LogP contribution < -0.4 is 11.5 Å². The molecule has 1 amide bonds. The van der Waals surface area contributed by atoms with Crippen molar-refractivity contribution >= 4 is 21.1 Å². The van der Waals surface area contributed by atoms with Crippen molar-refractivity contribution in [2.45, 2.75) is 11.4 Å². The van der Waals surface area contributed by atoms with E-state index in [4.69, 9.17) is 25.3 Å². The van der Waals surface area contributed by atoms with E-state index in [-0.39, 0.29) is 11.0 Å². The Bertz CT molecular complexity index is 308. The highest BCUT2D eigenvalue weighted by Crippen LogP contribution is 2.67. The van der Waals surface area contributed by atoms with Gasteiger partial charge in [0.05, 0.1) is 6.42 Å². The number of amides is 1. The highest BCUT2D eigenvalue weighted by atomic mass is 31.2. The fourth-order valence-electron chi connectivity index (χ4n) is 0.632. The minimum atomic E-state index is -5.35. The van der Waals surface area contributed by atoms with Gasteiger partial charge in [-0.05, 0) is 0 Å². The van der Waals surface area contributed by atoms with Gasteiger partial charge in [0, 0.05) is 0 Å². The summed E-state index contributed by atoms with van der Waals surface area (Å²) >= 11 is 0. The number of nitrogens with two attached hydrogens (primary N) is 2. The zero-order valence-corrected chi connectivity index (χ0v) is 9.56. The van der Waals surface area contributed by atoms with Crippen molar-refractivity contribution in [3.05, 3.63) is 0 Å². The molecule has 11 nitrogen and oxygen atoms in total. The predicted octanol–water partition coefficient (Wildman–Crippen LogP) is -3.82. The Balaban J connectivity index is -0.000000845. The molecule has 0 aliphatic heterocycles. The first kappa shape index (κ1) is 21.0. The van der Waals surface area contributed by atoms with Crippen molar-refractivity contribution in [2.24, 2.45) is 11.5 Å². The summed E-state index contributed by atoms with van der Waals surface area (Å²) in [6.45, 7) is 0. The van der Waals surface area contributed by atoms with Gasteiger partial charge in [0.15, 0.2) is 0 Å². The molecule has 0 atom stereocenters. The van der Waals surface area contributed by atoms with Gasteiger partial charge in [0.25, 0.3) is 0 Å². The zero-order valence-electron chi connectivity index (χ0n) is 7.77. The Kier molecular flexibility index (Phi) is 7.64. The molecule has 13 heteroatoms. The second-order valence-electron chi connectivity index (χ2n) is 2.61. The summed E-state index contributed by atoms with van der Waals surface area (Å²) in [7, 11) is -10.7. The van der Waals surface area contributed by atoms with E-state index in [0.717, 1.165) is 0 Å². The van der Waals surface area contributed by atoms with E-state index in [0.29, 0.717) is 0 Å². The van der Waals surface area contributed by atoms with Crippen LogP contribution in [0.15, 0.2) is 0 Å². The molecule has 0 radical (unpaired) electrons. The SMILES string of the molecule is NC(=O)CC(N)(P(=O)(O)O)P(=O)(O)O.O.O. The second kappa shape index (κ2) is 5.82. The van der Waals surface area contributed by atoms with Crippen LogP contribution in [0.25, 0.3) is 0 Å². The first-order valence-corrected chi connectivity index (χ1v) is 6.33. The van der Waals surface area contributed by atoms with Gasteiger partial charge in [-0.2, -0.15) is 0 Å². The third-order valence-corrected chi connectivity index (χ3v) is 5.34. The largest absolute Gasteiger partial charge is 0.412 e. The molecule has 0 saturated heterocycles. The molecule has 0 unspecified atom stereocenters. The predicted molar refractivity (Wildman–Crippen MR) is 52.0 cm³/mol. The molecule has 0 aliphatic rings. The molecule has 100 valence electrons. The molecule has 0 aromatic rings. The lowest BCUT2D eigenvalue weighted by molar-refractivity contribution is -0.118. The van der Waals surface area contributed by atoms with Crippen molar-refractivity contribution in [1.29, 1.82) is 0 Å². The molecular formula is C3H14N2O9P2. The Hall–Kier alpha value is -0.350. The van der Waals surface area contributed by atoms with Crippen LogP contribution in [0.1, 0.15) is 6.42 Å². The third kappa shape index (κ3) is 4.26. The Morgan fingerprint density at radius 1 is 1.06 bits per heavy atom. The van der Waals surface area contributed by atoms with Crippen molar-refractivity contribution in [2.75, 3.05) is 0 Å². The van der Waals surface area contributed by atoms with Gasteiger partial charge in [-0.1, -0.05) is 0 Å². The minimum absolute atomic E-state index is 0. The van der Waals surface area contributed by atoms with Crippen LogP contribution in [0.2, 0.25) is 0 Å². The monoisotopic (exact) mass is 284 g/mol. The smallest absolute Gasteiger partial charge is 0.358 e. The number of hydrogen-bond donors (Lipinski definition) is 6. The van der Waals surface area contributed by atoms with Crippen molar-refractivity contribution in [3.8, 4) is 0 Å². The van der Waals surface area contributed by atoms with Gasteiger partial charge in [0.2, 0.25) is 10.9 Å². The lowest BCUT2D eigenvalue weighted by Crippen LogP contribution is -2.42. The van der Waals surface area contributed by atoms with E-state index in [9.17, 15) is 13.9 Å². The molecule has 0 spiro atoms. The molecule has 0 aliphatic carbocycles. The van der Waals surface area contributed by atoms with Crippen molar-refractivity contribution in [1.82, 2.24) is 0 Å². The van der Waals surface area contributed by atoms with Crippen LogP contribution in [0, 0.1) is 0 Å². The lowest BCUT2D eigenvalue weighted by Gasteiger charge is -2.29. The molecule has 12 N–H and O–H groups in total. The van der Waals surface area contributed by atoms with Gasteiger partial charge >= 0.3 is 15.2 Å². The number of carbonyl (C=O) groups excluding carboxylic acids is 1. The van der Waals surface area contributed by atoms with E-state index in [1.807, 2.05) is 0 Å². The minimum Gasteiger partial charge on any atom is -0.412 e. The van der Waals surface area contributed by atoms with E-state index in [1.165, 1.54) is 0 Å². The third-order valence-electron chi connectivity index (χ3n) is 1.44. The normalized spacial score (nSPS) is 12.3. The molecule has 0 heterocycles. The maximum Gasteiger partial charge on any atom is 0.358 e. The van der Waals surface area contributed by atoms with Crippen molar-refractivity contribution < 1.29 is 44.5 Å².